The van der Waals surface area contributed by atoms with Crippen molar-refractivity contribution in [2.75, 3.05) is 6.61 Å². The molecule has 0 unspecified atom stereocenters. The molecule has 2 aromatic carbocycles. The van der Waals surface area contributed by atoms with E-state index in [1.54, 1.807) is 0 Å². The average Bonchev–Trinajstić information content (AvgIpc) is 2.60. The van der Waals surface area contributed by atoms with Gasteiger partial charge >= 0.3 is 0 Å². The van der Waals surface area contributed by atoms with Crippen molar-refractivity contribution in [1.29, 1.82) is 0 Å². The number of ketones is 3. The van der Waals surface area contributed by atoms with Gasteiger partial charge in [0.2, 0.25) is 5.78 Å². The molecule has 0 bridgehead atoms. The van der Waals surface area contributed by atoms with Crippen LogP contribution in [0.15, 0.2) is 18.2 Å². The highest BCUT2D eigenvalue weighted by atomic mass is 16.3. The first-order chi connectivity index (χ1) is 13.2. The molecule has 2 aromatic rings. The molecule has 8 heteroatoms. The Morgan fingerprint density at radius 2 is 1.57 bits per heavy atom. The third kappa shape index (κ3) is 2.97. The molecule has 1 aliphatic rings. The van der Waals surface area contributed by atoms with Gasteiger partial charge in [0.1, 0.15) is 28.8 Å². The number of benzene rings is 2. The number of hydrogen-bond acceptors (Lipinski definition) is 8. The number of carbonyl (C=O) groups is 3. The van der Waals surface area contributed by atoms with Crippen molar-refractivity contribution in [3.8, 4) is 23.0 Å². The number of Topliss-reactive ketones (excluding diaryl/α,β-unsaturated/α-hetero) is 1. The Bertz CT molecular complexity index is 1020. The molecule has 0 radical (unpaired) electrons. The maximum absolute atomic E-state index is 12.9. The van der Waals surface area contributed by atoms with E-state index >= 15 is 0 Å². The summed E-state index contributed by atoms with van der Waals surface area (Å²) in [6.07, 6.45) is 0.195. The molecule has 0 aliphatic heterocycles. The Morgan fingerprint density at radius 1 is 0.929 bits per heavy atom. The number of aliphatic hydroxyl groups is 1. The summed E-state index contributed by atoms with van der Waals surface area (Å²) in [4.78, 5) is 36.9. The second-order valence-corrected chi connectivity index (χ2v) is 6.75. The first-order valence-electron chi connectivity index (χ1n) is 8.51. The van der Waals surface area contributed by atoms with Crippen LogP contribution in [0.5, 0.6) is 23.0 Å². The zero-order valence-corrected chi connectivity index (χ0v) is 14.9. The lowest BCUT2D eigenvalue weighted by atomic mass is 9.79. The van der Waals surface area contributed by atoms with Gasteiger partial charge in [-0.15, -0.1) is 0 Å². The van der Waals surface area contributed by atoms with E-state index in [1.165, 1.54) is 6.92 Å². The van der Waals surface area contributed by atoms with Crippen molar-refractivity contribution in [3.05, 3.63) is 46.0 Å². The lowest BCUT2D eigenvalue weighted by Gasteiger charge is -2.24. The smallest absolute Gasteiger partial charge is 0.201 e. The molecule has 5 N–H and O–H groups in total. The molecular weight excluding hydrogens is 368 g/mol. The summed E-state index contributed by atoms with van der Waals surface area (Å²) in [6, 6.07) is 2.92. The summed E-state index contributed by atoms with van der Waals surface area (Å²) in [7, 11) is 0. The molecule has 0 amide bonds. The van der Waals surface area contributed by atoms with Crippen LogP contribution in [0.2, 0.25) is 0 Å². The predicted molar refractivity (Wildman–Crippen MR) is 96.2 cm³/mol. The van der Waals surface area contributed by atoms with Crippen molar-refractivity contribution in [3.63, 3.8) is 0 Å². The highest BCUT2D eigenvalue weighted by Crippen LogP contribution is 2.45. The molecule has 0 aromatic heterocycles. The van der Waals surface area contributed by atoms with E-state index in [0.717, 1.165) is 18.2 Å². The molecule has 146 valence electrons. The molecular formula is C20H18O8. The molecule has 0 spiro atoms. The first kappa shape index (κ1) is 19.4. The van der Waals surface area contributed by atoms with Crippen LogP contribution in [-0.4, -0.2) is 49.5 Å². The van der Waals surface area contributed by atoms with Crippen molar-refractivity contribution in [1.82, 2.24) is 0 Å². The Labute approximate surface area is 159 Å². The van der Waals surface area contributed by atoms with Crippen LogP contribution in [0, 0.1) is 0 Å². The Balaban J connectivity index is 2.21. The Kier molecular flexibility index (Phi) is 4.82. The zero-order valence-electron chi connectivity index (χ0n) is 14.9. The van der Waals surface area contributed by atoms with E-state index in [1.807, 2.05) is 0 Å². The van der Waals surface area contributed by atoms with Crippen LogP contribution >= 0.6 is 0 Å². The summed E-state index contributed by atoms with van der Waals surface area (Å²) < 4.78 is 0. The van der Waals surface area contributed by atoms with Gasteiger partial charge in [-0.1, -0.05) is 0 Å². The molecule has 0 heterocycles. The van der Waals surface area contributed by atoms with Crippen LogP contribution in [0.1, 0.15) is 63.1 Å². The summed E-state index contributed by atoms with van der Waals surface area (Å²) in [5, 5.41) is 50.3. The lowest BCUT2D eigenvalue weighted by Crippen LogP contribution is -2.22. The highest BCUT2D eigenvalue weighted by molar-refractivity contribution is 6.30. The van der Waals surface area contributed by atoms with Gasteiger partial charge in [0.25, 0.3) is 0 Å². The third-order valence-electron chi connectivity index (χ3n) is 4.84. The number of carbonyl (C=O) groups excluding carboxylic acids is 3. The first-order valence-corrected chi connectivity index (χ1v) is 8.51. The number of aromatic hydroxyl groups is 4. The van der Waals surface area contributed by atoms with Crippen LogP contribution < -0.4 is 0 Å². The molecule has 0 saturated carbocycles. The molecule has 8 nitrogen and oxygen atoms in total. The SMILES string of the molecule is CC(=O)CC[C@H](CO)c1c(O)cc2c(c1O)C(=O)c1c(O)cc(O)cc1C2=O. The number of phenolic OH excluding ortho intramolecular Hbond substituents is 4. The molecule has 28 heavy (non-hydrogen) atoms. The second kappa shape index (κ2) is 6.97. The van der Waals surface area contributed by atoms with Gasteiger partial charge in [0.15, 0.2) is 5.78 Å². The number of rotatable bonds is 5. The monoisotopic (exact) mass is 386 g/mol. The largest absolute Gasteiger partial charge is 0.508 e. The third-order valence-corrected chi connectivity index (χ3v) is 4.84. The van der Waals surface area contributed by atoms with Gasteiger partial charge in [0.05, 0.1) is 17.7 Å². The van der Waals surface area contributed by atoms with Crippen LogP contribution in [0.25, 0.3) is 0 Å². The Hall–Kier alpha value is -3.39. The zero-order chi connectivity index (χ0) is 20.7. The van der Waals surface area contributed by atoms with Gasteiger partial charge in [-0.3, -0.25) is 9.59 Å². The molecule has 3 rings (SSSR count). The maximum atomic E-state index is 12.9. The van der Waals surface area contributed by atoms with E-state index < -0.39 is 52.7 Å². The van der Waals surface area contributed by atoms with E-state index in [2.05, 4.69) is 0 Å². The van der Waals surface area contributed by atoms with Crippen molar-refractivity contribution >= 4 is 17.3 Å². The van der Waals surface area contributed by atoms with Gasteiger partial charge in [-0.2, -0.15) is 0 Å². The standard InChI is InChI=1S/C20H18O8/c1-8(22)2-3-9(7-21)15-14(25)6-12-17(19(15)27)20(28)16-11(18(12)26)4-10(23)5-13(16)24/h4-6,9,21,23-25,27H,2-3,7H2,1H3/t9-/m1/s1. The van der Waals surface area contributed by atoms with Gasteiger partial charge in [0, 0.05) is 35.1 Å². The van der Waals surface area contributed by atoms with Gasteiger partial charge in [-0.05, 0) is 25.5 Å². The normalized spacial score (nSPS) is 13.8. The van der Waals surface area contributed by atoms with Crippen molar-refractivity contribution in [2.24, 2.45) is 0 Å². The number of fused-ring (bicyclic) bond motifs is 2. The minimum Gasteiger partial charge on any atom is -0.508 e. The van der Waals surface area contributed by atoms with Gasteiger partial charge in [-0.25, -0.2) is 0 Å². The lowest BCUT2D eigenvalue weighted by molar-refractivity contribution is -0.117. The predicted octanol–water partition coefficient (Wildman–Crippen LogP) is 1.73. The quantitative estimate of drug-likeness (QED) is 0.444. The van der Waals surface area contributed by atoms with Crippen LogP contribution in [0.3, 0.4) is 0 Å². The van der Waals surface area contributed by atoms with Crippen LogP contribution in [0.4, 0.5) is 0 Å². The van der Waals surface area contributed by atoms with Gasteiger partial charge < -0.3 is 30.3 Å². The summed E-state index contributed by atoms with van der Waals surface area (Å²) in [6.45, 7) is 0.851. The molecule has 1 aliphatic carbocycles. The number of phenols is 4. The Morgan fingerprint density at radius 3 is 2.18 bits per heavy atom. The second-order valence-electron chi connectivity index (χ2n) is 6.75. The van der Waals surface area contributed by atoms with E-state index in [0.29, 0.717) is 0 Å². The summed E-state index contributed by atoms with van der Waals surface area (Å²) in [5.41, 5.74) is -1.47. The maximum Gasteiger partial charge on any atom is 0.201 e. The van der Waals surface area contributed by atoms with Crippen molar-refractivity contribution < 1.29 is 39.9 Å². The molecule has 0 fully saturated rings. The molecule has 1 atom stereocenters. The minimum atomic E-state index is -0.857. The fourth-order valence-electron chi connectivity index (χ4n) is 3.49. The van der Waals surface area contributed by atoms with E-state index in [9.17, 15) is 39.9 Å². The highest BCUT2D eigenvalue weighted by Gasteiger charge is 2.37. The number of hydrogen-bond donors (Lipinski definition) is 5. The van der Waals surface area contributed by atoms with Crippen LogP contribution in [-0.2, 0) is 4.79 Å². The summed E-state index contributed by atoms with van der Waals surface area (Å²) in [5.74, 6) is -4.85. The van der Waals surface area contributed by atoms with Crippen molar-refractivity contribution in [2.45, 2.75) is 25.7 Å². The average molecular weight is 386 g/mol. The summed E-state index contributed by atoms with van der Waals surface area (Å²) >= 11 is 0. The fourth-order valence-corrected chi connectivity index (χ4v) is 3.49. The topological polar surface area (TPSA) is 152 Å². The minimum absolute atomic E-state index is 0.0803. The fraction of sp³-hybridized carbons (Fsp3) is 0.250. The number of aliphatic hydroxyl groups excluding tert-OH is 1. The molecule has 0 saturated heterocycles. The van der Waals surface area contributed by atoms with E-state index in [-0.39, 0.29) is 40.9 Å². The van der Waals surface area contributed by atoms with E-state index in [4.69, 9.17) is 0 Å².